The van der Waals surface area contributed by atoms with Crippen molar-refractivity contribution < 1.29 is 18.0 Å². The third-order valence-corrected chi connectivity index (χ3v) is 5.31. The lowest BCUT2D eigenvalue weighted by Gasteiger charge is -2.15. The van der Waals surface area contributed by atoms with Crippen molar-refractivity contribution in [1.82, 2.24) is 14.8 Å². The molecule has 5 nitrogen and oxygen atoms in total. The molecule has 1 amide bonds. The van der Waals surface area contributed by atoms with Gasteiger partial charge >= 0.3 is 6.18 Å². The Labute approximate surface area is 158 Å². The van der Waals surface area contributed by atoms with Gasteiger partial charge in [-0.05, 0) is 24.6 Å². The Morgan fingerprint density at radius 1 is 1.30 bits per heavy atom. The third-order valence-electron chi connectivity index (χ3n) is 4.08. The van der Waals surface area contributed by atoms with E-state index in [4.69, 9.17) is 0 Å². The van der Waals surface area contributed by atoms with Crippen LogP contribution in [0.3, 0.4) is 0 Å². The second-order valence-electron chi connectivity index (χ2n) is 6.08. The first kappa shape index (κ1) is 19.1. The molecule has 2 heterocycles. The van der Waals surface area contributed by atoms with Gasteiger partial charge in [0.25, 0.3) is 5.91 Å². The summed E-state index contributed by atoms with van der Waals surface area (Å²) in [6, 6.07) is 6.82. The van der Waals surface area contributed by atoms with Crippen molar-refractivity contribution in [2.75, 3.05) is 11.9 Å². The number of aryl methyl sites for hydroxylation is 2. The number of hydrogen-bond acceptors (Lipinski definition) is 4. The van der Waals surface area contributed by atoms with E-state index in [9.17, 15) is 18.0 Å². The van der Waals surface area contributed by atoms with Crippen molar-refractivity contribution in [3.8, 4) is 0 Å². The van der Waals surface area contributed by atoms with Gasteiger partial charge in [0, 0.05) is 26.7 Å². The average Bonchev–Trinajstić information content (AvgIpc) is 3.18. The Kier molecular flexibility index (Phi) is 5.05. The molecule has 142 valence electrons. The zero-order chi connectivity index (χ0) is 19.8. The fraction of sp³-hybridized carbons (Fsp3) is 0.278. The minimum Gasteiger partial charge on any atom is -0.300 e. The topological polar surface area (TPSA) is 51.0 Å². The molecule has 0 atom stereocenters. The van der Waals surface area contributed by atoms with Crippen LogP contribution in [0, 0.1) is 6.92 Å². The smallest absolute Gasteiger partial charge is 0.300 e. The van der Waals surface area contributed by atoms with Crippen molar-refractivity contribution in [3.63, 3.8) is 0 Å². The van der Waals surface area contributed by atoms with Crippen LogP contribution in [0.15, 0.2) is 36.5 Å². The highest BCUT2D eigenvalue weighted by Crippen LogP contribution is 2.32. The van der Waals surface area contributed by atoms with Gasteiger partial charge in [-0.15, -0.1) is 11.3 Å². The number of aromatic nitrogens is 3. The lowest BCUT2D eigenvalue weighted by Crippen LogP contribution is -2.28. The second-order valence-corrected chi connectivity index (χ2v) is 7.14. The molecule has 0 saturated heterocycles. The molecule has 0 unspecified atom stereocenters. The largest absolute Gasteiger partial charge is 0.416 e. The highest BCUT2D eigenvalue weighted by molar-refractivity contribution is 7.16. The number of carbonyl (C=O) groups excluding carboxylic acids is 1. The third kappa shape index (κ3) is 4.02. The standard InChI is InChI=1S/C18H17F3N4OS/c1-11-17(24(2)16(26)14-7-8-22-25(14)3)27-15(23-11)10-12-5-4-6-13(9-12)18(19,20)21/h4-9H,10H2,1-3H3. The lowest BCUT2D eigenvalue weighted by atomic mass is 10.1. The first-order valence-corrected chi connectivity index (χ1v) is 8.87. The minimum absolute atomic E-state index is 0.229. The van der Waals surface area contributed by atoms with Crippen molar-refractivity contribution >= 4 is 22.2 Å². The molecular formula is C18H17F3N4OS. The van der Waals surface area contributed by atoms with Crippen LogP contribution < -0.4 is 4.90 Å². The molecular weight excluding hydrogens is 377 g/mol. The number of nitrogens with zero attached hydrogens (tertiary/aromatic N) is 4. The summed E-state index contributed by atoms with van der Waals surface area (Å²) in [7, 11) is 3.32. The monoisotopic (exact) mass is 394 g/mol. The molecule has 0 aliphatic heterocycles. The Bertz CT molecular complexity index is 977. The molecule has 0 radical (unpaired) electrons. The van der Waals surface area contributed by atoms with Crippen molar-refractivity contribution in [2.24, 2.45) is 7.05 Å². The molecule has 0 spiro atoms. The summed E-state index contributed by atoms with van der Waals surface area (Å²) in [5.74, 6) is -0.229. The molecule has 0 fully saturated rings. The summed E-state index contributed by atoms with van der Waals surface area (Å²) in [5.41, 5.74) is 0.924. The molecule has 1 aromatic carbocycles. The Morgan fingerprint density at radius 3 is 2.67 bits per heavy atom. The molecule has 0 saturated carbocycles. The van der Waals surface area contributed by atoms with Crippen LogP contribution in [0.2, 0.25) is 0 Å². The zero-order valence-corrected chi connectivity index (χ0v) is 15.7. The number of hydrogen-bond donors (Lipinski definition) is 0. The van der Waals surface area contributed by atoms with Gasteiger partial charge in [0.1, 0.15) is 10.7 Å². The van der Waals surface area contributed by atoms with Crippen molar-refractivity contribution in [2.45, 2.75) is 19.5 Å². The highest BCUT2D eigenvalue weighted by atomic mass is 32.1. The molecule has 0 aliphatic carbocycles. The number of anilines is 1. The quantitative estimate of drug-likeness (QED) is 0.670. The summed E-state index contributed by atoms with van der Waals surface area (Å²) >= 11 is 1.29. The number of rotatable bonds is 4. The van der Waals surface area contributed by atoms with E-state index in [0.717, 1.165) is 12.1 Å². The Balaban J connectivity index is 1.83. The highest BCUT2D eigenvalue weighted by Gasteiger charge is 2.30. The SMILES string of the molecule is Cc1nc(Cc2cccc(C(F)(F)F)c2)sc1N(C)C(=O)c1ccnn1C. The van der Waals surface area contributed by atoms with Gasteiger partial charge in [-0.2, -0.15) is 18.3 Å². The lowest BCUT2D eigenvalue weighted by molar-refractivity contribution is -0.137. The fourth-order valence-electron chi connectivity index (χ4n) is 2.71. The van der Waals surface area contributed by atoms with Gasteiger partial charge in [-0.25, -0.2) is 4.98 Å². The number of alkyl halides is 3. The molecule has 9 heteroatoms. The minimum atomic E-state index is -4.38. The summed E-state index contributed by atoms with van der Waals surface area (Å²) in [6.07, 6.45) is -2.57. The molecule has 0 bridgehead atoms. The van der Waals surface area contributed by atoms with Gasteiger partial charge in [0.05, 0.1) is 16.3 Å². The molecule has 0 N–H and O–H groups in total. The van der Waals surface area contributed by atoms with E-state index in [0.29, 0.717) is 27.0 Å². The number of carbonyl (C=O) groups is 1. The van der Waals surface area contributed by atoms with Crippen LogP contribution >= 0.6 is 11.3 Å². The van der Waals surface area contributed by atoms with E-state index in [1.54, 1.807) is 39.3 Å². The zero-order valence-electron chi connectivity index (χ0n) is 14.9. The van der Waals surface area contributed by atoms with Crippen LogP contribution in [0.4, 0.5) is 18.2 Å². The number of amides is 1. The van der Waals surface area contributed by atoms with Crippen LogP contribution in [-0.4, -0.2) is 27.7 Å². The second kappa shape index (κ2) is 7.15. The number of thiazole rings is 1. The summed E-state index contributed by atoms with van der Waals surface area (Å²) in [6.45, 7) is 1.77. The summed E-state index contributed by atoms with van der Waals surface area (Å²) in [4.78, 5) is 18.5. The molecule has 3 aromatic rings. The number of halogens is 3. The van der Waals surface area contributed by atoms with E-state index in [1.165, 1.54) is 27.0 Å². The molecule has 3 rings (SSSR count). The van der Waals surface area contributed by atoms with Crippen LogP contribution in [0.1, 0.15) is 32.3 Å². The first-order chi connectivity index (χ1) is 12.7. The van der Waals surface area contributed by atoms with Crippen molar-refractivity contribution in [1.29, 1.82) is 0 Å². The maximum atomic E-state index is 12.9. The van der Waals surface area contributed by atoms with Gasteiger partial charge in [-0.3, -0.25) is 14.4 Å². The summed E-state index contributed by atoms with van der Waals surface area (Å²) in [5, 5.41) is 5.29. The fourth-order valence-corrected chi connectivity index (χ4v) is 3.77. The van der Waals surface area contributed by atoms with E-state index in [-0.39, 0.29) is 12.3 Å². The van der Waals surface area contributed by atoms with E-state index in [2.05, 4.69) is 10.1 Å². The van der Waals surface area contributed by atoms with E-state index in [1.807, 2.05) is 0 Å². The predicted octanol–water partition coefficient (Wildman–Crippen LogP) is 4.07. The maximum absolute atomic E-state index is 12.9. The predicted molar refractivity (Wildman–Crippen MR) is 97.0 cm³/mol. The molecule has 27 heavy (non-hydrogen) atoms. The van der Waals surface area contributed by atoms with Gasteiger partial charge < -0.3 is 0 Å². The number of benzene rings is 1. The maximum Gasteiger partial charge on any atom is 0.416 e. The van der Waals surface area contributed by atoms with Crippen LogP contribution in [-0.2, 0) is 19.6 Å². The van der Waals surface area contributed by atoms with Crippen LogP contribution in [0.25, 0.3) is 0 Å². The average molecular weight is 394 g/mol. The molecule has 2 aromatic heterocycles. The van der Waals surface area contributed by atoms with E-state index >= 15 is 0 Å². The van der Waals surface area contributed by atoms with E-state index < -0.39 is 11.7 Å². The van der Waals surface area contributed by atoms with Gasteiger partial charge in [0.2, 0.25) is 0 Å². The Hall–Kier alpha value is -2.68. The molecule has 0 aliphatic rings. The first-order valence-electron chi connectivity index (χ1n) is 8.05. The van der Waals surface area contributed by atoms with Crippen LogP contribution in [0.5, 0.6) is 0 Å². The Morgan fingerprint density at radius 2 is 2.04 bits per heavy atom. The normalized spacial score (nSPS) is 11.6. The summed E-state index contributed by atoms with van der Waals surface area (Å²) < 4.78 is 40.1. The van der Waals surface area contributed by atoms with Gasteiger partial charge in [0.15, 0.2) is 0 Å². The van der Waals surface area contributed by atoms with Gasteiger partial charge in [-0.1, -0.05) is 18.2 Å². The van der Waals surface area contributed by atoms with Crippen molar-refractivity contribution in [3.05, 3.63) is 64.1 Å².